The molecule has 0 aromatic heterocycles. The van der Waals surface area contributed by atoms with E-state index in [9.17, 15) is 87.5 Å². The smallest absolute Gasteiger partial charge is 0.410 e. The maximum Gasteiger partial charge on any atom is 0.410 e. The van der Waals surface area contributed by atoms with E-state index in [-0.39, 0.29) is 69.4 Å². The van der Waals surface area contributed by atoms with Crippen molar-refractivity contribution in [1.82, 2.24) is 51.5 Å². The molecule has 9 rings (SSSR count). The zero-order chi connectivity index (χ0) is 89.6. The molecule has 0 radical (unpaired) electrons. The lowest BCUT2D eigenvalue weighted by molar-refractivity contribution is -0.148. The molecule has 3 saturated carbocycles. The fourth-order valence-corrected chi connectivity index (χ4v) is 20.0. The van der Waals surface area contributed by atoms with Crippen LogP contribution in [0, 0.1) is 28.6 Å². The normalized spacial score (nSPS) is 21.0. The highest BCUT2D eigenvalue weighted by atomic mass is 32.2. The summed E-state index contributed by atoms with van der Waals surface area (Å²) in [7, 11) is -7.33. The van der Waals surface area contributed by atoms with Crippen molar-refractivity contribution < 1.29 is 97.0 Å². The van der Waals surface area contributed by atoms with Gasteiger partial charge < -0.3 is 61.0 Å². The maximum absolute atomic E-state index is 14.9. The van der Waals surface area contributed by atoms with E-state index in [4.69, 9.17) is 9.47 Å². The van der Waals surface area contributed by atoms with Gasteiger partial charge in [0.05, 0.1) is 57.3 Å². The van der Waals surface area contributed by atoms with Crippen molar-refractivity contribution >= 4 is 90.7 Å². The Bertz CT molecular complexity index is 4360. The van der Waals surface area contributed by atoms with E-state index in [1.807, 2.05) is 48.5 Å². The van der Waals surface area contributed by atoms with Crippen molar-refractivity contribution in [2.75, 3.05) is 50.8 Å². The number of nitrogens with zero attached hydrogens (tertiary/aromatic N) is 4. The first-order valence-corrected chi connectivity index (χ1v) is 45.9. The van der Waals surface area contributed by atoms with Crippen LogP contribution in [0.1, 0.15) is 234 Å². The summed E-state index contributed by atoms with van der Waals surface area (Å²) in [5.74, 6) is -9.49. The number of urea groups is 2. The minimum Gasteiger partial charge on any atom is -0.444 e. The summed E-state index contributed by atoms with van der Waals surface area (Å²) >= 11 is 0. The Morgan fingerprint density at radius 3 is 1.22 bits per heavy atom. The van der Waals surface area contributed by atoms with Gasteiger partial charge in [-0.15, -0.1) is 13.2 Å². The van der Waals surface area contributed by atoms with E-state index in [1.54, 1.807) is 88.0 Å². The molecule has 4 heterocycles. The lowest BCUT2D eigenvalue weighted by Gasteiger charge is -2.41. The number of fused-ring (bicyclic) bond motifs is 2. The summed E-state index contributed by atoms with van der Waals surface area (Å²) in [6, 6.07) is 8.93. The van der Waals surface area contributed by atoms with Crippen molar-refractivity contribution in [3.05, 3.63) is 96.1 Å². The van der Waals surface area contributed by atoms with Gasteiger partial charge in [-0.25, -0.2) is 36.0 Å². The van der Waals surface area contributed by atoms with Crippen molar-refractivity contribution in [3.63, 3.8) is 0 Å². The number of Topliss-reactive ketones (excluding diaryl/α,β-unsaturated/α-hetero) is 4. The Kier molecular flexibility index (Phi) is 32.9. The maximum atomic E-state index is 14.9. The van der Waals surface area contributed by atoms with Crippen molar-refractivity contribution in [1.29, 1.82) is 0 Å². The van der Waals surface area contributed by atoms with Gasteiger partial charge >= 0.3 is 30.4 Å². The minimum absolute atomic E-state index is 0.0232. The van der Waals surface area contributed by atoms with Gasteiger partial charge in [0.1, 0.15) is 24.3 Å². The molecule has 33 heteroatoms. The first-order chi connectivity index (χ1) is 56.4. The Balaban J connectivity index is 0.000000301. The fourth-order valence-electron chi connectivity index (χ4n) is 17.0. The molecule has 2 aromatic carbocycles. The lowest BCUT2D eigenvalue weighted by atomic mass is 9.76. The molecule has 0 spiro atoms. The van der Waals surface area contributed by atoms with E-state index in [0.717, 1.165) is 72.1 Å². The van der Waals surface area contributed by atoms with Gasteiger partial charge in [0.15, 0.2) is 31.2 Å². The summed E-state index contributed by atoms with van der Waals surface area (Å²) in [5, 5.41) is 16.3. The average Bonchev–Trinajstić information content (AvgIpc) is 1.55. The van der Waals surface area contributed by atoms with Gasteiger partial charge in [0, 0.05) is 83.2 Å². The molecule has 8 atom stereocenters. The number of likely N-dealkylation sites (tertiary alicyclic amines) is 2. The molecular formula is C88H129F3N10O18S2. The number of halogens is 3. The summed E-state index contributed by atoms with van der Waals surface area (Å²) in [6.07, 6.45) is 1.78. The lowest BCUT2D eigenvalue weighted by Crippen LogP contribution is -2.63. The van der Waals surface area contributed by atoms with Gasteiger partial charge in [0.25, 0.3) is 11.8 Å². The number of benzene rings is 2. The predicted octanol–water partition coefficient (Wildman–Crippen LogP) is 11.0. The van der Waals surface area contributed by atoms with Crippen LogP contribution in [0.5, 0.6) is 0 Å². The number of rotatable bonds is 30. The number of hydrogen-bond donors (Lipinski definition) is 6. The van der Waals surface area contributed by atoms with Gasteiger partial charge in [-0.1, -0.05) is 160 Å². The third-order valence-electron chi connectivity index (χ3n) is 24.6. The SMILES string of the molecule is C=CCNC(=O)C(=O)C(CC(=O)[C@@H]1CC(OC(=O)N2CCc3ccccc3C2)CN1C(=O)[C@@H](NC(=O)NC1(CS(=O)(=O)C(C)(C)C)CCCCC1)C(C)(C)C)CC1CCC1.C=CCNC(=O)C(=O)C(CCC(F)(F)F)CC(=O)[C@@H]1CC(OC(=O)N2CCc3ccccc3C2)CN1C(=O)[C@@H](NC(=O)NC1(CS(=O)(=O)C(C)(C)C)CCCCC1)C(C)(C)C. The first-order valence-electron chi connectivity index (χ1n) is 42.6. The molecule has 7 aliphatic rings. The molecule has 5 fully saturated rings. The molecule has 28 nitrogen and oxygen atoms in total. The van der Waals surface area contributed by atoms with E-state index in [2.05, 4.69) is 45.1 Å². The van der Waals surface area contributed by atoms with Crippen LogP contribution in [-0.2, 0) is 93.4 Å². The molecule has 672 valence electrons. The molecule has 4 unspecified atom stereocenters. The number of carbonyl (C=O) groups is 12. The molecule has 4 aliphatic heterocycles. The number of carbonyl (C=O) groups excluding carboxylic acids is 12. The molecule has 3 aliphatic carbocycles. The quantitative estimate of drug-likeness (QED) is 0.0312. The summed E-state index contributed by atoms with van der Waals surface area (Å²) in [6.45, 7) is 28.0. The topological polar surface area (TPSA) is 377 Å². The highest BCUT2D eigenvalue weighted by Gasteiger charge is 2.52. The second-order valence-electron chi connectivity index (χ2n) is 38.2. The third-order valence-corrected chi connectivity index (χ3v) is 30.2. The van der Waals surface area contributed by atoms with Crippen molar-refractivity contribution in [2.45, 2.75) is 301 Å². The van der Waals surface area contributed by atoms with Crippen LogP contribution in [0.3, 0.4) is 0 Å². The van der Waals surface area contributed by atoms with Gasteiger partial charge in [0.2, 0.25) is 23.4 Å². The number of ketones is 4. The van der Waals surface area contributed by atoms with Crippen LogP contribution in [0.4, 0.5) is 32.3 Å². The van der Waals surface area contributed by atoms with Crippen LogP contribution in [0.15, 0.2) is 73.8 Å². The van der Waals surface area contributed by atoms with Crippen LogP contribution in [-0.4, -0.2) is 221 Å². The highest BCUT2D eigenvalue weighted by Crippen LogP contribution is 2.40. The van der Waals surface area contributed by atoms with E-state index >= 15 is 0 Å². The minimum atomic E-state index is -4.71. The largest absolute Gasteiger partial charge is 0.444 e. The number of alkyl halides is 3. The number of amides is 10. The van der Waals surface area contributed by atoms with Gasteiger partial charge in [-0.05, 0) is 132 Å². The fraction of sp³-hybridized carbons (Fsp3) is 0.682. The zero-order valence-corrected chi connectivity index (χ0v) is 74.2. The molecule has 0 bridgehead atoms. The molecule has 6 N–H and O–H groups in total. The van der Waals surface area contributed by atoms with Gasteiger partial charge in [-0.2, -0.15) is 13.2 Å². The molecule has 2 saturated heterocycles. The highest BCUT2D eigenvalue weighted by molar-refractivity contribution is 7.93. The first kappa shape index (κ1) is 97.7. The van der Waals surface area contributed by atoms with Crippen LogP contribution in [0.2, 0.25) is 0 Å². The summed E-state index contributed by atoms with van der Waals surface area (Å²) < 4.78 is 104. The Morgan fingerprint density at radius 2 is 0.884 bits per heavy atom. The predicted molar refractivity (Wildman–Crippen MR) is 450 cm³/mol. The Hall–Kier alpha value is -8.75. The van der Waals surface area contributed by atoms with Crippen LogP contribution >= 0.6 is 0 Å². The standard InChI is InChI=1S/C45H67N5O9S.C43H62F3N5O9S/c1-8-22-46-39(53)37(52)33(24-30-15-14-16-30)25-36(51)35-26-34(59-42(56)49-23-19-31-17-10-11-18-32(31)27-49)28-50(35)40(54)38(43(2,3)4)47-41(55)48-45(20-12-9-13-21-45)29-60(57,58)44(5,6)7;1-8-21-47-36(54)34(53)29(16-20-43(44,45)46)23-33(52)32-24-31(60-39(57)50-22-17-28-14-10-11-15-30(28)25-50)26-51(32)37(55)35(40(2,3)4)48-38(56)49-42(18-12-9-13-19-42)27-61(58,59)41(5,6)7/h8,10-11,17-18,30,33-35,38H,1,9,12-16,19-29H2,2-7H3,(H,46,53)(H2,47,48,55);8,10-11,14-15,29,31-32,35H,1,9,12-13,16-27H2,2-7H3,(H,47,54)(H2,48,49,56)/t33?,34?,35-,38+;29?,31?,32-,35+/m00/s1. The van der Waals surface area contributed by atoms with Crippen LogP contribution in [0.25, 0.3) is 0 Å². The molecule has 10 amide bonds. The average molecular weight is 1740 g/mol. The van der Waals surface area contributed by atoms with E-state index in [0.29, 0.717) is 77.4 Å². The Labute approximate surface area is 711 Å². The monoisotopic (exact) mass is 1730 g/mol. The van der Waals surface area contributed by atoms with Crippen molar-refractivity contribution in [3.8, 4) is 0 Å². The van der Waals surface area contributed by atoms with E-state index in [1.165, 1.54) is 22.0 Å². The zero-order valence-electron chi connectivity index (χ0n) is 72.6. The van der Waals surface area contributed by atoms with Crippen molar-refractivity contribution in [2.24, 2.45) is 28.6 Å². The summed E-state index contributed by atoms with van der Waals surface area (Å²) in [5.41, 5.74) is 0.125. The summed E-state index contributed by atoms with van der Waals surface area (Å²) in [4.78, 5) is 171. The van der Waals surface area contributed by atoms with E-state index < -0.39 is 196 Å². The molecular weight excluding hydrogens is 1610 g/mol. The third kappa shape index (κ3) is 26.6. The number of nitrogens with one attached hydrogen (secondary N) is 6. The Morgan fingerprint density at radius 1 is 0.521 bits per heavy atom. The number of ether oxygens (including phenoxy) is 2. The second kappa shape index (κ2) is 40.7. The van der Waals surface area contributed by atoms with Crippen LogP contribution < -0.4 is 31.9 Å². The second-order valence-corrected chi connectivity index (χ2v) is 43.7. The van der Waals surface area contributed by atoms with Gasteiger partial charge in [-0.3, -0.25) is 38.4 Å². The molecule has 2 aromatic rings. The number of hydrogen-bond acceptors (Lipinski definition) is 18. The molecule has 121 heavy (non-hydrogen) atoms. The number of sulfone groups is 2.